The number of sulfone groups is 1. The molecule has 0 N–H and O–H groups in total. The van der Waals surface area contributed by atoms with Crippen molar-refractivity contribution in [2.24, 2.45) is 0 Å². The fraction of sp³-hybridized carbons (Fsp3) is 0.0435. The van der Waals surface area contributed by atoms with Crippen molar-refractivity contribution >= 4 is 44.3 Å². The van der Waals surface area contributed by atoms with Gasteiger partial charge in [0, 0.05) is 22.8 Å². The van der Waals surface area contributed by atoms with Crippen LogP contribution in [0.4, 0.5) is 15.8 Å². The second kappa shape index (κ2) is 9.56. The maximum Gasteiger partial charge on any atom is 0.290 e. The number of benzene rings is 3. The molecule has 0 aliphatic heterocycles. The number of rotatable bonds is 7. The Balaban J connectivity index is 1.81. The average Bonchev–Trinajstić information content (AvgIpc) is 3.22. The van der Waals surface area contributed by atoms with Crippen molar-refractivity contribution in [1.29, 1.82) is 0 Å². The normalized spacial score (nSPS) is 11.4. The molecule has 0 atom stereocenters. The second-order valence-corrected chi connectivity index (χ2v) is 11.8. The largest absolute Gasteiger partial charge is 0.290 e. The van der Waals surface area contributed by atoms with E-state index in [0.717, 1.165) is 34.5 Å². The van der Waals surface area contributed by atoms with E-state index < -0.39 is 25.5 Å². The van der Waals surface area contributed by atoms with Crippen molar-refractivity contribution in [3.63, 3.8) is 0 Å². The van der Waals surface area contributed by atoms with Crippen LogP contribution in [0.15, 0.2) is 86.8 Å². The van der Waals surface area contributed by atoms with E-state index in [0.29, 0.717) is 15.3 Å². The smallest absolute Gasteiger partial charge is 0.258 e. The Morgan fingerprint density at radius 3 is 2.06 bits per heavy atom. The molecule has 0 radical (unpaired) electrons. The number of thiophene rings is 1. The van der Waals surface area contributed by atoms with E-state index in [2.05, 4.69) is 0 Å². The molecule has 0 unspecified atom stereocenters. The first-order valence-corrected chi connectivity index (χ1v) is 13.4. The molecule has 0 aliphatic carbocycles. The first kappa shape index (κ1) is 24.5. The van der Waals surface area contributed by atoms with E-state index in [1.54, 1.807) is 30.3 Å². The summed E-state index contributed by atoms with van der Waals surface area (Å²) in [6, 6.07) is 17.4. The van der Waals surface area contributed by atoms with Crippen LogP contribution < -0.4 is 0 Å². The number of hydrogen-bond donors (Lipinski definition) is 0. The van der Waals surface area contributed by atoms with E-state index in [-0.39, 0.29) is 21.2 Å². The molecule has 1 aromatic heterocycles. The number of nitro groups is 2. The zero-order valence-corrected chi connectivity index (χ0v) is 20.3. The third kappa shape index (κ3) is 5.39. The van der Waals surface area contributed by atoms with Gasteiger partial charge in [0.1, 0.15) is 5.82 Å². The van der Waals surface area contributed by atoms with Crippen LogP contribution in [-0.2, 0) is 9.84 Å². The Labute approximate surface area is 207 Å². The van der Waals surface area contributed by atoms with Gasteiger partial charge < -0.3 is 0 Å². The van der Waals surface area contributed by atoms with Crippen molar-refractivity contribution in [2.75, 3.05) is 6.26 Å². The molecular formula is C23H15FN2O6S3. The standard InChI is InChI=1S/C23H15FN2O6S3/c1-35(31,32)18-9-4-14(5-10-18)19-13-22(34-23(19)15-2-6-16(24)7-3-15)33-21-11-8-17(25(27)28)12-20(21)26(29)30/h2-13H,1H3. The van der Waals surface area contributed by atoms with E-state index in [9.17, 15) is 33.0 Å². The predicted octanol–water partition coefficient (Wildman–Crippen LogP) is 6.59. The fourth-order valence-corrected chi connectivity index (χ4v) is 6.29. The quantitative estimate of drug-likeness (QED) is 0.195. The van der Waals surface area contributed by atoms with E-state index in [1.807, 2.05) is 0 Å². The minimum Gasteiger partial charge on any atom is -0.258 e. The number of non-ortho nitro benzene ring substituents is 1. The first-order chi connectivity index (χ1) is 16.5. The van der Waals surface area contributed by atoms with Gasteiger partial charge in [-0.05, 0) is 47.5 Å². The van der Waals surface area contributed by atoms with Crippen LogP contribution in [0.25, 0.3) is 21.6 Å². The molecule has 0 fully saturated rings. The number of hydrogen-bond acceptors (Lipinski definition) is 8. The van der Waals surface area contributed by atoms with Crippen molar-refractivity contribution < 1.29 is 22.7 Å². The van der Waals surface area contributed by atoms with Gasteiger partial charge in [-0.15, -0.1) is 11.3 Å². The summed E-state index contributed by atoms with van der Waals surface area (Å²) < 4.78 is 37.8. The van der Waals surface area contributed by atoms with Gasteiger partial charge in [-0.1, -0.05) is 36.0 Å². The lowest BCUT2D eigenvalue weighted by molar-refractivity contribution is -0.396. The molecule has 0 aliphatic rings. The van der Waals surface area contributed by atoms with Crippen molar-refractivity contribution in [1.82, 2.24) is 0 Å². The van der Waals surface area contributed by atoms with Gasteiger partial charge in [0.2, 0.25) is 0 Å². The highest BCUT2D eigenvalue weighted by molar-refractivity contribution is 8.01. The molecule has 12 heteroatoms. The number of halogens is 1. The maximum atomic E-state index is 13.5. The maximum absolute atomic E-state index is 13.5. The lowest BCUT2D eigenvalue weighted by Gasteiger charge is -2.06. The highest BCUT2D eigenvalue weighted by atomic mass is 32.2. The fourth-order valence-electron chi connectivity index (χ4n) is 3.29. The molecule has 4 rings (SSSR count). The van der Waals surface area contributed by atoms with E-state index in [1.165, 1.54) is 47.7 Å². The van der Waals surface area contributed by atoms with Crippen molar-refractivity contribution in [2.45, 2.75) is 14.0 Å². The number of nitrogens with zero attached hydrogens (tertiary/aromatic N) is 2. The van der Waals surface area contributed by atoms with Gasteiger partial charge in [0.15, 0.2) is 9.84 Å². The average molecular weight is 531 g/mol. The highest BCUT2D eigenvalue weighted by Gasteiger charge is 2.22. The molecule has 8 nitrogen and oxygen atoms in total. The molecule has 0 bridgehead atoms. The Hall–Kier alpha value is -3.61. The van der Waals surface area contributed by atoms with Crippen LogP contribution in [0.1, 0.15) is 0 Å². The predicted molar refractivity (Wildman–Crippen MR) is 132 cm³/mol. The van der Waals surface area contributed by atoms with Crippen LogP contribution in [0.3, 0.4) is 0 Å². The number of nitro benzene ring substituents is 2. The summed E-state index contributed by atoms with van der Waals surface area (Å²) in [4.78, 5) is 22.3. The minimum absolute atomic E-state index is 0.163. The van der Waals surface area contributed by atoms with Gasteiger partial charge >= 0.3 is 0 Å². The Kier molecular flexibility index (Phi) is 6.70. The summed E-state index contributed by atoms with van der Waals surface area (Å²) in [5.74, 6) is -0.402. The Bertz CT molecular complexity index is 1550. The molecular weight excluding hydrogens is 515 g/mol. The molecule has 0 saturated heterocycles. The summed E-state index contributed by atoms with van der Waals surface area (Å²) >= 11 is 2.40. The summed E-state index contributed by atoms with van der Waals surface area (Å²) in [6.07, 6.45) is 1.11. The topological polar surface area (TPSA) is 120 Å². The lowest BCUT2D eigenvalue weighted by Crippen LogP contribution is -1.96. The van der Waals surface area contributed by atoms with E-state index in [4.69, 9.17) is 0 Å². The van der Waals surface area contributed by atoms with Gasteiger partial charge in [-0.25, -0.2) is 12.8 Å². The van der Waals surface area contributed by atoms with Gasteiger partial charge in [0.25, 0.3) is 11.4 Å². The van der Waals surface area contributed by atoms with Crippen LogP contribution >= 0.6 is 23.1 Å². The van der Waals surface area contributed by atoms with Crippen LogP contribution in [0.2, 0.25) is 0 Å². The lowest BCUT2D eigenvalue weighted by atomic mass is 10.0. The summed E-state index contributed by atoms with van der Waals surface area (Å²) in [5.41, 5.74) is 1.38. The van der Waals surface area contributed by atoms with Crippen molar-refractivity contribution in [3.05, 3.63) is 98.8 Å². The van der Waals surface area contributed by atoms with Crippen LogP contribution in [-0.4, -0.2) is 24.5 Å². The third-order valence-electron chi connectivity index (χ3n) is 4.97. The molecule has 35 heavy (non-hydrogen) atoms. The monoisotopic (exact) mass is 530 g/mol. The van der Waals surface area contributed by atoms with Gasteiger partial charge in [0.05, 0.1) is 29.9 Å². The highest BCUT2D eigenvalue weighted by Crippen LogP contribution is 2.47. The van der Waals surface area contributed by atoms with Gasteiger partial charge in [-0.3, -0.25) is 20.2 Å². The first-order valence-electron chi connectivity index (χ1n) is 9.84. The Morgan fingerprint density at radius 1 is 0.857 bits per heavy atom. The minimum atomic E-state index is -3.38. The van der Waals surface area contributed by atoms with Crippen LogP contribution in [0.5, 0.6) is 0 Å². The zero-order chi connectivity index (χ0) is 25.3. The van der Waals surface area contributed by atoms with E-state index >= 15 is 0 Å². The Morgan fingerprint density at radius 2 is 1.49 bits per heavy atom. The molecule has 3 aromatic carbocycles. The molecule has 0 amide bonds. The molecule has 4 aromatic rings. The molecule has 0 spiro atoms. The second-order valence-electron chi connectivity index (χ2n) is 7.38. The molecule has 1 heterocycles. The van der Waals surface area contributed by atoms with Crippen molar-refractivity contribution in [3.8, 4) is 21.6 Å². The molecule has 178 valence electrons. The summed E-state index contributed by atoms with van der Waals surface area (Å²) in [7, 11) is -3.38. The van der Waals surface area contributed by atoms with Gasteiger partial charge in [-0.2, -0.15) is 0 Å². The summed E-state index contributed by atoms with van der Waals surface area (Å²) in [5, 5.41) is 22.6. The SMILES string of the molecule is CS(=O)(=O)c1ccc(-c2cc(Sc3ccc([N+](=O)[O-])cc3[N+](=O)[O-])sc2-c2ccc(F)cc2)cc1. The summed E-state index contributed by atoms with van der Waals surface area (Å²) in [6.45, 7) is 0. The van der Waals surface area contributed by atoms with Crippen LogP contribution in [0, 0.1) is 26.0 Å². The zero-order valence-electron chi connectivity index (χ0n) is 17.9. The molecule has 0 saturated carbocycles. The third-order valence-corrected chi connectivity index (χ3v) is 8.46.